The maximum absolute atomic E-state index is 13.6. The predicted octanol–water partition coefficient (Wildman–Crippen LogP) is 5.43. The fraction of sp³-hybridized carbons (Fsp3) is 0.294. The average molecular weight is 336 g/mol. The van der Waals surface area contributed by atoms with E-state index in [1.807, 2.05) is 6.92 Å². The lowest BCUT2D eigenvalue weighted by molar-refractivity contribution is 0.621. The van der Waals surface area contributed by atoms with Crippen molar-refractivity contribution >= 4 is 21.6 Å². The van der Waals surface area contributed by atoms with Gasteiger partial charge in [-0.15, -0.1) is 0 Å². The van der Waals surface area contributed by atoms with Gasteiger partial charge in [-0.3, -0.25) is 0 Å². The SMILES string of the molecule is Cc1cc(C)c(CNc2cc(F)c(Br)cc2C)cc1C. The molecular weight excluding hydrogens is 317 g/mol. The highest BCUT2D eigenvalue weighted by Crippen LogP contribution is 2.25. The summed E-state index contributed by atoms with van der Waals surface area (Å²) in [6.45, 7) is 9.02. The molecule has 2 aromatic carbocycles. The molecule has 1 nitrogen and oxygen atoms in total. The van der Waals surface area contributed by atoms with Crippen LogP contribution in [0, 0.1) is 33.5 Å². The van der Waals surface area contributed by atoms with Gasteiger partial charge in [0, 0.05) is 12.2 Å². The van der Waals surface area contributed by atoms with Crippen LogP contribution in [0.3, 0.4) is 0 Å². The van der Waals surface area contributed by atoms with Crippen molar-refractivity contribution in [2.75, 3.05) is 5.32 Å². The summed E-state index contributed by atoms with van der Waals surface area (Å²) in [6.07, 6.45) is 0. The summed E-state index contributed by atoms with van der Waals surface area (Å²) >= 11 is 3.20. The third kappa shape index (κ3) is 3.21. The van der Waals surface area contributed by atoms with Crippen LogP contribution in [-0.2, 0) is 6.54 Å². The van der Waals surface area contributed by atoms with E-state index in [1.54, 1.807) is 6.07 Å². The van der Waals surface area contributed by atoms with Crippen LogP contribution in [0.15, 0.2) is 28.7 Å². The van der Waals surface area contributed by atoms with Crippen LogP contribution in [0.4, 0.5) is 10.1 Å². The van der Waals surface area contributed by atoms with Gasteiger partial charge in [0.05, 0.1) is 4.47 Å². The number of hydrogen-bond acceptors (Lipinski definition) is 1. The van der Waals surface area contributed by atoms with Crippen molar-refractivity contribution in [3.05, 3.63) is 62.4 Å². The van der Waals surface area contributed by atoms with Crippen LogP contribution in [0.2, 0.25) is 0 Å². The maximum Gasteiger partial charge on any atom is 0.139 e. The molecule has 1 N–H and O–H groups in total. The first-order valence-electron chi connectivity index (χ1n) is 6.64. The van der Waals surface area contributed by atoms with Crippen LogP contribution in [0.25, 0.3) is 0 Å². The lowest BCUT2D eigenvalue weighted by Crippen LogP contribution is -2.04. The first-order valence-corrected chi connectivity index (χ1v) is 7.44. The summed E-state index contributed by atoms with van der Waals surface area (Å²) in [6, 6.07) is 7.73. The summed E-state index contributed by atoms with van der Waals surface area (Å²) in [5.74, 6) is -0.241. The van der Waals surface area contributed by atoms with Crippen molar-refractivity contribution in [1.82, 2.24) is 0 Å². The molecular formula is C17H19BrFN. The molecule has 0 atom stereocenters. The van der Waals surface area contributed by atoms with Gasteiger partial charge in [-0.1, -0.05) is 12.1 Å². The van der Waals surface area contributed by atoms with E-state index in [9.17, 15) is 4.39 Å². The maximum atomic E-state index is 13.6. The largest absolute Gasteiger partial charge is 0.381 e. The van der Waals surface area contributed by atoms with Crippen LogP contribution < -0.4 is 5.32 Å². The minimum absolute atomic E-state index is 0.241. The zero-order valence-electron chi connectivity index (χ0n) is 12.3. The molecule has 0 aliphatic carbocycles. The summed E-state index contributed by atoms with van der Waals surface area (Å²) < 4.78 is 14.1. The molecule has 0 aromatic heterocycles. The van der Waals surface area contributed by atoms with Crippen LogP contribution >= 0.6 is 15.9 Å². The number of nitrogens with one attached hydrogen (secondary N) is 1. The Hall–Kier alpha value is -1.35. The zero-order chi connectivity index (χ0) is 14.9. The van der Waals surface area contributed by atoms with E-state index >= 15 is 0 Å². The molecule has 106 valence electrons. The average Bonchev–Trinajstić information content (AvgIpc) is 2.37. The van der Waals surface area contributed by atoms with E-state index in [-0.39, 0.29) is 5.82 Å². The third-order valence-corrected chi connectivity index (χ3v) is 4.30. The van der Waals surface area contributed by atoms with E-state index in [2.05, 4.69) is 54.2 Å². The Morgan fingerprint density at radius 3 is 2.25 bits per heavy atom. The second kappa shape index (κ2) is 5.96. The Bertz CT molecular complexity index is 592. The van der Waals surface area contributed by atoms with Crippen LogP contribution in [0.1, 0.15) is 27.8 Å². The Morgan fingerprint density at radius 2 is 1.55 bits per heavy atom. The van der Waals surface area contributed by atoms with E-state index < -0.39 is 0 Å². The van der Waals surface area contributed by atoms with Crippen molar-refractivity contribution in [1.29, 1.82) is 0 Å². The minimum atomic E-state index is -0.241. The molecule has 2 rings (SSSR count). The lowest BCUT2D eigenvalue weighted by Gasteiger charge is -2.14. The number of anilines is 1. The molecule has 20 heavy (non-hydrogen) atoms. The summed E-state index contributed by atoms with van der Waals surface area (Å²) in [4.78, 5) is 0. The predicted molar refractivity (Wildman–Crippen MR) is 86.8 cm³/mol. The molecule has 2 aromatic rings. The van der Waals surface area contributed by atoms with Crippen molar-refractivity contribution in [2.24, 2.45) is 0 Å². The Balaban J connectivity index is 2.21. The molecule has 0 fully saturated rings. The third-order valence-electron chi connectivity index (χ3n) is 3.69. The monoisotopic (exact) mass is 335 g/mol. The second-order valence-electron chi connectivity index (χ2n) is 5.30. The van der Waals surface area contributed by atoms with Gasteiger partial charge in [0.2, 0.25) is 0 Å². The summed E-state index contributed by atoms with van der Waals surface area (Å²) in [7, 11) is 0. The van der Waals surface area contributed by atoms with Gasteiger partial charge in [0.25, 0.3) is 0 Å². The fourth-order valence-corrected chi connectivity index (χ4v) is 2.70. The highest BCUT2D eigenvalue weighted by atomic mass is 79.9. The van der Waals surface area contributed by atoms with E-state index in [4.69, 9.17) is 0 Å². The van der Waals surface area contributed by atoms with Gasteiger partial charge >= 0.3 is 0 Å². The highest BCUT2D eigenvalue weighted by molar-refractivity contribution is 9.10. The van der Waals surface area contributed by atoms with Gasteiger partial charge in [-0.05, 0) is 83.6 Å². The van der Waals surface area contributed by atoms with Crippen LogP contribution in [-0.4, -0.2) is 0 Å². The van der Waals surface area contributed by atoms with Crippen molar-refractivity contribution < 1.29 is 4.39 Å². The molecule has 0 radical (unpaired) electrons. The molecule has 0 bridgehead atoms. The Kier molecular flexibility index (Phi) is 4.48. The molecule has 0 amide bonds. The number of halogens is 2. The molecule has 3 heteroatoms. The standard InChI is InChI=1S/C17H19BrFN/c1-10-5-12(3)14(6-11(10)2)9-20-17-8-16(19)15(18)7-13(17)4/h5-8,20H,9H2,1-4H3. The fourth-order valence-electron chi connectivity index (χ4n) is 2.24. The number of aryl methyl sites for hydroxylation is 4. The van der Waals surface area contributed by atoms with Gasteiger partial charge < -0.3 is 5.32 Å². The zero-order valence-corrected chi connectivity index (χ0v) is 13.9. The van der Waals surface area contributed by atoms with Gasteiger partial charge in [-0.25, -0.2) is 4.39 Å². The second-order valence-corrected chi connectivity index (χ2v) is 6.15. The first kappa shape index (κ1) is 15.0. The molecule has 0 unspecified atom stereocenters. The topological polar surface area (TPSA) is 12.0 Å². The molecule has 0 heterocycles. The number of benzene rings is 2. The van der Waals surface area contributed by atoms with Crippen LogP contribution in [0.5, 0.6) is 0 Å². The number of rotatable bonds is 3. The normalized spacial score (nSPS) is 10.7. The van der Waals surface area contributed by atoms with Crippen molar-refractivity contribution in [3.8, 4) is 0 Å². The van der Waals surface area contributed by atoms with Gasteiger partial charge in [0.1, 0.15) is 5.82 Å². The summed E-state index contributed by atoms with van der Waals surface area (Å²) in [5, 5.41) is 3.32. The molecule has 0 aliphatic heterocycles. The minimum Gasteiger partial charge on any atom is -0.381 e. The highest BCUT2D eigenvalue weighted by Gasteiger charge is 2.06. The van der Waals surface area contributed by atoms with Gasteiger partial charge in [0.15, 0.2) is 0 Å². The van der Waals surface area contributed by atoms with E-state index in [0.717, 1.165) is 11.3 Å². The Morgan fingerprint density at radius 1 is 0.900 bits per heavy atom. The molecule has 0 saturated carbocycles. The smallest absolute Gasteiger partial charge is 0.139 e. The Labute approximate surface area is 128 Å². The van der Waals surface area contributed by atoms with E-state index in [1.165, 1.54) is 28.3 Å². The summed E-state index contributed by atoms with van der Waals surface area (Å²) in [5.41, 5.74) is 6.96. The molecule has 0 spiro atoms. The first-order chi connectivity index (χ1) is 9.38. The lowest BCUT2D eigenvalue weighted by atomic mass is 10.0. The van der Waals surface area contributed by atoms with E-state index in [0.29, 0.717) is 11.0 Å². The molecule has 0 aliphatic rings. The van der Waals surface area contributed by atoms with Gasteiger partial charge in [-0.2, -0.15) is 0 Å². The van der Waals surface area contributed by atoms with Crippen molar-refractivity contribution in [3.63, 3.8) is 0 Å². The number of hydrogen-bond donors (Lipinski definition) is 1. The quantitative estimate of drug-likeness (QED) is 0.788. The van der Waals surface area contributed by atoms with Crippen molar-refractivity contribution in [2.45, 2.75) is 34.2 Å². The molecule has 0 saturated heterocycles.